The quantitative estimate of drug-likeness (QED) is 0.873. The standard InChI is InChI=1S/C17H20N2O5/c1-22-13-4-3-11(9-14(13)23-2)12-10-18-15(17(20)21)16(12)19-5-7-24-8-6-19/h3-4,9-10,18H,5-8H2,1-2H3,(H,20,21). The number of H-pyrrole nitrogens is 1. The van der Waals surface area contributed by atoms with Crippen molar-refractivity contribution in [1.82, 2.24) is 4.98 Å². The molecule has 128 valence electrons. The van der Waals surface area contributed by atoms with Crippen molar-refractivity contribution in [3.05, 3.63) is 30.1 Å². The summed E-state index contributed by atoms with van der Waals surface area (Å²) in [5.74, 6) is 0.243. The van der Waals surface area contributed by atoms with Crippen LogP contribution < -0.4 is 14.4 Å². The third-order valence-corrected chi connectivity index (χ3v) is 4.09. The molecular weight excluding hydrogens is 312 g/mol. The Hall–Kier alpha value is -2.67. The van der Waals surface area contributed by atoms with Crippen LogP contribution in [0.15, 0.2) is 24.4 Å². The molecule has 0 unspecified atom stereocenters. The van der Waals surface area contributed by atoms with E-state index < -0.39 is 5.97 Å². The van der Waals surface area contributed by atoms with E-state index in [0.717, 1.165) is 11.1 Å². The van der Waals surface area contributed by atoms with Crippen LogP contribution in [-0.4, -0.2) is 56.6 Å². The van der Waals surface area contributed by atoms with Gasteiger partial charge in [-0.25, -0.2) is 4.79 Å². The van der Waals surface area contributed by atoms with Crippen LogP contribution in [-0.2, 0) is 4.74 Å². The van der Waals surface area contributed by atoms with Crippen LogP contribution in [0.25, 0.3) is 11.1 Å². The average Bonchev–Trinajstić information content (AvgIpc) is 3.07. The molecule has 7 heteroatoms. The number of anilines is 1. The molecule has 1 saturated heterocycles. The summed E-state index contributed by atoms with van der Waals surface area (Å²) in [7, 11) is 3.15. The second kappa shape index (κ2) is 6.84. The second-order valence-electron chi connectivity index (χ2n) is 5.40. The number of carbonyl (C=O) groups is 1. The number of methoxy groups -OCH3 is 2. The first-order valence-corrected chi connectivity index (χ1v) is 7.65. The van der Waals surface area contributed by atoms with Gasteiger partial charge in [0, 0.05) is 24.8 Å². The molecule has 2 heterocycles. The number of carboxylic acid groups (broad SMARTS) is 1. The van der Waals surface area contributed by atoms with Gasteiger partial charge in [-0.3, -0.25) is 0 Å². The van der Waals surface area contributed by atoms with E-state index in [0.29, 0.717) is 43.5 Å². The highest BCUT2D eigenvalue weighted by Crippen LogP contribution is 2.38. The SMILES string of the molecule is COc1ccc(-c2c[nH]c(C(=O)O)c2N2CCOCC2)cc1OC. The number of carboxylic acids is 1. The number of nitrogens with zero attached hydrogens (tertiary/aromatic N) is 1. The Labute approximate surface area is 139 Å². The molecular formula is C17H20N2O5. The number of rotatable bonds is 5. The van der Waals surface area contributed by atoms with Crippen LogP contribution in [0.2, 0.25) is 0 Å². The first kappa shape index (κ1) is 16.2. The molecule has 2 aromatic rings. The van der Waals surface area contributed by atoms with Crippen molar-refractivity contribution in [1.29, 1.82) is 0 Å². The van der Waals surface area contributed by atoms with Gasteiger partial charge in [-0.05, 0) is 17.7 Å². The highest BCUT2D eigenvalue weighted by Gasteiger charge is 2.25. The molecule has 1 aromatic carbocycles. The van der Waals surface area contributed by atoms with E-state index in [1.807, 2.05) is 23.1 Å². The minimum atomic E-state index is -0.983. The topological polar surface area (TPSA) is 84.0 Å². The van der Waals surface area contributed by atoms with Crippen LogP contribution in [0.4, 0.5) is 5.69 Å². The summed E-state index contributed by atoms with van der Waals surface area (Å²) in [6.45, 7) is 2.46. The van der Waals surface area contributed by atoms with Crippen molar-refractivity contribution in [3.8, 4) is 22.6 Å². The zero-order chi connectivity index (χ0) is 17.1. The largest absolute Gasteiger partial charge is 0.493 e. The molecule has 0 aliphatic carbocycles. The predicted octanol–water partition coefficient (Wildman–Crippen LogP) is 2.23. The molecule has 2 N–H and O–H groups in total. The number of ether oxygens (including phenoxy) is 3. The van der Waals surface area contributed by atoms with Crippen molar-refractivity contribution in [3.63, 3.8) is 0 Å². The van der Waals surface area contributed by atoms with Crippen molar-refractivity contribution in [2.45, 2.75) is 0 Å². The molecule has 1 aromatic heterocycles. The van der Waals surface area contributed by atoms with Gasteiger partial charge >= 0.3 is 5.97 Å². The van der Waals surface area contributed by atoms with Crippen LogP contribution in [0, 0.1) is 0 Å². The molecule has 1 fully saturated rings. The fourth-order valence-corrected chi connectivity index (χ4v) is 2.92. The number of hydrogen-bond acceptors (Lipinski definition) is 5. The van der Waals surface area contributed by atoms with E-state index in [9.17, 15) is 9.90 Å². The lowest BCUT2D eigenvalue weighted by Gasteiger charge is -2.29. The zero-order valence-electron chi connectivity index (χ0n) is 13.7. The highest BCUT2D eigenvalue weighted by atomic mass is 16.5. The number of aromatic carboxylic acids is 1. The first-order valence-electron chi connectivity index (χ1n) is 7.65. The third kappa shape index (κ3) is 2.90. The van der Waals surface area contributed by atoms with Crippen LogP contribution in [0.5, 0.6) is 11.5 Å². The Bertz CT molecular complexity index is 735. The summed E-state index contributed by atoms with van der Waals surface area (Å²) in [6.07, 6.45) is 1.72. The van der Waals surface area contributed by atoms with Gasteiger partial charge < -0.3 is 29.2 Å². The second-order valence-corrected chi connectivity index (χ2v) is 5.40. The van der Waals surface area contributed by atoms with E-state index in [2.05, 4.69) is 4.98 Å². The average molecular weight is 332 g/mol. The maximum Gasteiger partial charge on any atom is 0.354 e. The molecule has 0 saturated carbocycles. The minimum Gasteiger partial charge on any atom is -0.493 e. The molecule has 1 aliphatic heterocycles. The fourth-order valence-electron chi connectivity index (χ4n) is 2.92. The number of nitrogens with one attached hydrogen (secondary N) is 1. The van der Waals surface area contributed by atoms with Gasteiger partial charge in [0.15, 0.2) is 11.5 Å². The summed E-state index contributed by atoms with van der Waals surface area (Å²) in [4.78, 5) is 16.5. The minimum absolute atomic E-state index is 0.182. The van der Waals surface area contributed by atoms with E-state index in [4.69, 9.17) is 14.2 Å². The lowest BCUT2D eigenvalue weighted by Crippen LogP contribution is -2.37. The zero-order valence-corrected chi connectivity index (χ0v) is 13.7. The maximum absolute atomic E-state index is 11.6. The van der Waals surface area contributed by atoms with Gasteiger partial charge in [0.1, 0.15) is 5.69 Å². The van der Waals surface area contributed by atoms with Crippen molar-refractivity contribution < 1.29 is 24.1 Å². The van der Waals surface area contributed by atoms with Crippen LogP contribution in [0.3, 0.4) is 0 Å². The Morgan fingerprint density at radius 2 is 1.92 bits per heavy atom. The lowest BCUT2D eigenvalue weighted by atomic mass is 10.0. The first-order chi connectivity index (χ1) is 11.7. The Balaban J connectivity index is 2.09. The Morgan fingerprint density at radius 3 is 2.54 bits per heavy atom. The molecule has 7 nitrogen and oxygen atoms in total. The summed E-state index contributed by atoms with van der Waals surface area (Å²) in [5.41, 5.74) is 2.54. The molecule has 24 heavy (non-hydrogen) atoms. The van der Waals surface area contributed by atoms with Gasteiger partial charge in [0.25, 0.3) is 0 Å². The number of hydrogen-bond donors (Lipinski definition) is 2. The van der Waals surface area contributed by atoms with Crippen molar-refractivity contribution >= 4 is 11.7 Å². The normalized spacial score (nSPS) is 14.5. The maximum atomic E-state index is 11.6. The smallest absolute Gasteiger partial charge is 0.354 e. The number of aromatic amines is 1. The van der Waals surface area contributed by atoms with Gasteiger partial charge in [0.2, 0.25) is 0 Å². The third-order valence-electron chi connectivity index (χ3n) is 4.09. The highest BCUT2D eigenvalue weighted by molar-refractivity contribution is 5.98. The number of benzene rings is 1. The van der Waals surface area contributed by atoms with E-state index in [-0.39, 0.29) is 5.69 Å². The fraction of sp³-hybridized carbons (Fsp3) is 0.353. The molecule has 1 aliphatic rings. The van der Waals surface area contributed by atoms with E-state index in [1.165, 1.54) is 0 Å². The number of aromatic nitrogens is 1. The number of morpholine rings is 1. The molecule has 0 bridgehead atoms. The van der Waals surface area contributed by atoms with Crippen molar-refractivity contribution in [2.75, 3.05) is 45.4 Å². The summed E-state index contributed by atoms with van der Waals surface area (Å²) < 4.78 is 16.0. The summed E-state index contributed by atoms with van der Waals surface area (Å²) in [6, 6.07) is 5.54. The molecule has 0 atom stereocenters. The van der Waals surface area contributed by atoms with Crippen LogP contribution >= 0.6 is 0 Å². The van der Waals surface area contributed by atoms with Crippen LogP contribution in [0.1, 0.15) is 10.5 Å². The molecule has 0 radical (unpaired) electrons. The molecule has 0 amide bonds. The summed E-state index contributed by atoms with van der Waals surface area (Å²) >= 11 is 0. The van der Waals surface area contributed by atoms with Gasteiger partial charge in [0.05, 0.1) is 33.1 Å². The van der Waals surface area contributed by atoms with E-state index >= 15 is 0 Å². The van der Waals surface area contributed by atoms with Gasteiger partial charge in [-0.15, -0.1) is 0 Å². The molecule has 3 rings (SSSR count). The van der Waals surface area contributed by atoms with Crippen molar-refractivity contribution in [2.24, 2.45) is 0 Å². The molecule has 0 spiro atoms. The van der Waals surface area contributed by atoms with Gasteiger partial charge in [-0.2, -0.15) is 0 Å². The predicted molar refractivity (Wildman–Crippen MR) is 89.3 cm³/mol. The summed E-state index contributed by atoms with van der Waals surface area (Å²) in [5, 5.41) is 9.51. The monoisotopic (exact) mass is 332 g/mol. The lowest BCUT2D eigenvalue weighted by molar-refractivity contribution is 0.0690. The Morgan fingerprint density at radius 1 is 1.21 bits per heavy atom. The Kier molecular flexibility index (Phi) is 4.61. The van der Waals surface area contributed by atoms with Gasteiger partial charge in [-0.1, -0.05) is 6.07 Å². The van der Waals surface area contributed by atoms with E-state index in [1.54, 1.807) is 20.4 Å².